The molecule has 0 radical (unpaired) electrons. The highest BCUT2D eigenvalue weighted by Crippen LogP contribution is 2.24. The van der Waals surface area contributed by atoms with Crippen LogP contribution in [-0.2, 0) is 16.1 Å². The second-order valence-corrected chi connectivity index (χ2v) is 5.19. The standard InChI is InChI=1S/C15H17NO3/c1-10-2-4-13-11(8-10)6-7-16(13)9-12-3-5-14(19-12)15(17)18/h2,4,6-8,12,14H,3,5,9H2,1H3,(H,17,18). The van der Waals surface area contributed by atoms with E-state index in [1.807, 2.05) is 6.20 Å². The fourth-order valence-electron chi connectivity index (χ4n) is 2.72. The Morgan fingerprint density at radius 1 is 1.42 bits per heavy atom. The molecule has 1 N–H and O–H groups in total. The number of hydrogen-bond acceptors (Lipinski definition) is 2. The highest BCUT2D eigenvalue weighted by Gasteiger charge is 2.30. The molecule has 1 aliphatic heterocycles. The monoisotopic (exact) mass is 259 g/mol. The molecule has 4 heteroatoms. The minimum absolute atomic E-state index is 0.00185. The number of benzene rings is 1. The topological polar surface area (TPSA) is 51.5 Å². The predicted molar refractivity (Wildman–Crippen MR) is 72.2 cm³/mol. The molecule has 3 rings (SSSR count). The van der Waals surface area contributed by atoms with E-state index in [1.165, 1.54) is 16.5 Å². The number of carboxylic acid groups (broad SMARTS) is 1. The van der Waals surface area contributed by atoms with E-state index in [-0.39, 0.29) is 6.10 Å². The first-order valence-corrected chi connectivity index (χ1v) is 6.57. The van der Waals surface area contributed by atoms with Gasteiger partial charge in [0, 0.05) is 18.3 Å². The van der Waals surface area contributed by atoms with Crippen LogP contribution in [0.3, 0.4) is 0 Å². The third kappa shape index (κ3) is 2.36. The zero-order valence-electron chi connectivity index (χ0n) is 10.9. The van der Waals surface area contributed by atoms with Gasteiger partial charge in [-0.1, -0.05) is 11.6 Å². The second kappa shape index (κ2) is 4.70. The molecule has 0 aliphatic carbocycles. The van der Waals surface area contributed by atoms with Crippen LogP contribution in [0.5, 0.6) is 0 Å². The van der Waals surface area contributed by atoms with E-state index in [2.05, 4.69) is 35.8 Å². The van der Waals surface area contributed by atoms with E-state index in [0.29, 0.717) is 6.42 Å². The molecular formula is C15H17NO3. The van der Waals surface area contributed by atoms with E-state index in [1.54, 1.807) is 0 Å². The van der Waals surface area contributed by atoms with Gasteiger partial charge in [0.15, 0.2) is 6.10 Å². The first-order chi connectivity index (χ1) is 9.13. The minimum Gasteiger partial charge on any atom is -0.479 e. The first-order valence-electron chi connectivity index (χ1n) is 6.57. The Morgan fingerprint density at radius 2 is 2.26 bits per heavy atom. The van der Waals surface area contributed by atoms with Crippen molar-refractivity contribution in [3.63, 3.8) is 0 Å². The molecule has 19 heavy (non-hydrogen) atoms. The van der Waals surface area contributed by atoms with Gasteiger partial charge in [0.25, 0.3) is 0 Å². The van der Waals surface area contributed by atoms with Crippen molar-refractivity contribution in [2.24, 2.45) is 0 Å². The summed E-state index contributed by atoms with van der Waals surface area (Å²) in [5.74, 6) is -0.851. The maximum atomic E-state index is 10.9. The maximum absolute atomic E-state index is 10.9. The lowest BCUT2D eigenvalue weighted by Gasteiger charge is -2.13. The molecule has 1 aromatic carbocycles. The molecule has 2 atom stereocenters. The van der Waals surface area contributed by atoms with Crippen LogP contribution in [0.1, 0.15) is 18.4 Å². The lowest BCUT2D eigenvalue weighted by molar-refractivity contribution is -0.149. The van der Waals surface area contributed by atoms with Crippen LogP contribution in [0.15, 0.2) is 30.5 Å². The van der Waals surface area contributed by atoms with Gasteiger partial charge in [0.2, 0.25) is 0 Å². The molecule has 1 saturated heterocycles. The number of ether oxygens (including phenoxy) is 1. The molecule has 4 nitrogen and oxygen atoms in total. The Hall–Kier alpha value is -1.81. The summed E-state index contributed by atoms with van der Waals surface area (Å²) >= 11 is 0. The molecule has 2 aromatic rings. The van der Waals surface area contributed by atoms with Gasteiger partial charge in [0.05, 0.1) is 6.10 Å². The quantitative estimate of drug-likeness (QED) is 0.921. The van der Waals surface area contributed by atoms with Crippen LogP contribution in [0.4, 0.5) is 0 Å². The Kier molecular flexibility index (Phi) is 3.03. The first kappa shape index (κ1) is 12.2. The number of nitrogens with zero attached hydrogens (tertiary/aromatic N) is 1. The van der Waals surface area contributed by atoms with E-state index < -0.39 is 12.1 Å². The van der Waals surface area contributed by atoms with Crippen molar-refractivity contribution in [3.05, 3.63) is 36.0 Å². The SMILES string of the molecule is Cc1ccc2c(ccn2CC2CCC(C(=O)O)O2)c1. The zero-order chi connectivity index (χ0) is 13.4. The van der Waals surface area contributed by atoms with Gasteiger partial charge in [-0.05, 0) is 43.4 Å². The van der Waals surface area contributed by atoms with Crippen LogP contribution in [0.2, 0.25) is 0 Å². The summed E-state index contributed by atoms with van der Waals surface area (Å²) in [6.45, 7) is 2.80. The largest absolute Gasteiger partial charge is 0.479 e. The van der Waals surface area contributed by atoms with Crippen LogP contribution < -0.4 is 0 Å². The summed E-state index contributed by atoms with van der Waals surface area (Å²) in [6.07, 6.45) is 2.83. The third-order valence-corrected chi connectivity index (χ3v) is 3.71. The van der Waals surface area contributed by atoms with Gasteiger partial charge in [0.1, 0.15) is 0 Å². The van der Waals surface area contributed by atoms with Crippen molar-refractivity contribution in [3.8, 4) is 0 Å². The molecule has 1 aromatic heterocycles. The number of fused-ring (bicyclic) bond motifs is 1. The van der Waals surface area contributed by atoms with Crippen molar-refractivity contribution in [1.29, 1.82) is 0 Å². The molecule has 100 valence electrons. The number of rotatable bonds is 3. The third-order valence-electron chi connectivity index (χ3n) is 3.71. The van der Waals surface area contributed by atoms with E-state index in [4.69, 9.17) is 9.84 Å². The summed E-state index contributed by atoms with van der Waals surface area (Å²) < 4.78 is 7.69. The summed E-state index contributed by atoms with van der Waals surface area (Å²) in [7, 11) is 0. The Labute approximate surface area is 111 Å². The molecule has 1 aliphatic rings. The molecule has 1 fully saturated rings. The molecule has 2 unspecified atom stereocenters. The number of aryl methyl sites for hydroxylation is 1. The summed E-state index contributed by atoms with van der Waals surface area (Å²) in [5.41, 5.74) is 2.42. The number of carbonyl (C=O) groups is 1. The highest BCUT2D eigenvalue weighted by molar-refractivity contribution is 5.80. The molecule has 0 amide bonds. The van der Waals surface area contributed by atoms with Gasteiger partial charge in [-0.3, -0.25) is 0 Å². The van der Waals surface area contributed by atoms with E-state index in [9.17, 15) is 4.79 Å². The lowest BCUT2D eigenvalue weighted by atomic mass is 10.2. The normalized spacial score (nSPS) is 23.0. The smallest absolute Gasteiger partial charge is 0.332 e. The van der Waals surface area contributed by atoms with Crippen LogP contribution in [0, 0.1) is 6.92 Å². The van der Waals surface area contributed by atoms with Gasteiger partial charge in [-0.15, -0.1) is 0 Å². The van der Waals surface area contributed by atoms with Crippen molar-refractivity contribution < 1.29 is 14.6 Å². The fraction of sp³-hybridized carbons (Fsp3) is 0.400. The number of hydrogen-bond donors (Lipinski definition) is 1. The van der Waals surface area contributed by atoms with Crippen molar-refractivity contribution in [2.75, 3.05) is 0 Å². The highest BCUT2D eigenvalue weighted by atomic mass is 16.5. The minimum atomic E-state index is -0.851. The molecule has 0 spiro atoms. The van der Waals surface area contributed by atoms with Crippen LogP contribution in [0.25, 0.3) is 10.9 Å². The van der Waals surface area contributed by atoms with Crippen molar-refractivity contribution in [1.82, 2.24) is 4.57 Å². The number of aliphatic carboxylic acids is 1. The average molecular weight is 259 g/mol. The Morgan fingerprint density at radius 3 is 3.00 bits per heavy atom. The van der Waals surface area contributed by atoms with Gasteiger partial charge >= 0.3 is 5.97 Å². The van der Waals surface area contributed by atoms with Gasteiger partial charge in [-0.25, -0.2) is 4.79 Å². The summed E-state index contributed by atoms with van der Waals surface area (Å²) in [5, 5.41) is 10.1. The number of carboxylic acids is 1. The predicted octanol–water partition coefficient (Wildman–Crippen LogP) is 2.58. The maximum Gasteiger partial charge on any atom is 0.332 e. The van der Waals surface area contributed by atoms with E-state index >= 15 is 0 Å². The van der Waals surface area contributed by atoms with Crippen LogP contribution in [-0.4, -0.2) is 27.9 Å². The Balaban J connectivity index is 1.77. The fourth-order valence-corrected chi connectivity index (χ4v) is 2.72. The van der Waals surface area contributed by atoms with Crippen molar-refractivity contribution in [2.45, 2.75) is 38.5 Å². The van der Waals surface area contributed by atoms with Crippen molar-refractivity contribution >= 4 is 16.9 Å². The molecular weight excluding hydrogens is 242 g/mol. The Bertz CT molecular complexity index is 617. The van der Waals surface area contributed by atoms with Gasteiger partial charge in [-0.2, -0.15) is 0 Å². The number of aromatic nitrogens is 1. The summed E-state index contributed by atoms with van der Waals surface area (Å²) in [6, 6.07) is 8.44. The lowest BCUT2D eigenvalue weighted by Crippen LogP contribution is -2.22. The van der Waals surface area contributed by atoms with Crippen LogP contribution >= 0.6 is 0 Å². The molecule has 0 saturated carbocycles. The van der Waals surface area contributed by atoms with Gasteiger partial charge < -0.3 is 14.4 Å². The van der Waals surface area contributed by atoms with E-state index in [0.717, 1.165) is 13.0 Å². The second-order valence-electron chi connectivity index (χ2n) is 5.19. The molecule has 2 heterocycles. The molecule has 0 bridgehead atoms. The average Bonchev–Trinajstić information content (AvgIpc) is 2.97. The zero-order valence-corrected chi connectivity index (χ0v) is 10.9. The summed E-state index contributed by atoms with van der Waals surface area (Å²) in [4.78, 5) is 10.9.